The van der Waals surface area contributed by atoms with Crippen LogP contribution in [0.1, 0.15) is 59.1 Å². The Kier molecular flexibility index (Phi) is 12.0. The topological polar surface area (TPSA) is 23.6 Å². The Morgan fingerprint density at radius 1 is 0.793 bits per heavy atom. The highest BCUT2D eigenvalue weighted by molar-refractivity contribution is 5.77. The van der Waals surface area contributed by atoms with Gasteiger partial charge >= 0.3 is 0 Å². The number of hydrogen-bond donors (Lipinski definition) is 0. The number of benzene rings is 2. The minimum Gasteiger partial charge on any atom is -0.337 e. The van der Waals surface area contributed by atoms with Gasteiger partial charge in [-0.25, -0.2) is 0 Å². The normalized spacial score (nSPS) is 18.8. The van der Waals surface area contributed by atoms with Crippen LogP contribution in [0.15, 0.2) is 60.7 Å². The van der Waals surface area contributed by atoms with Crippen LogP contribution in [0.4, 0.5) is 0 Å². The van der Waals surface area contributed by atoms with Crippen molar-refractivity contribution in [2.45, 2.75) is 73.0 Å². The summed E-state index contributed by atoms with van der Waals surface area (Å²) in [6, 6.07) is 21.5. The average Bonchev–Trinajstić information content (AvgIpc) is 2.78. The average molecular weight is 397 g/mol. The molecule has 2 aromatic carbocycles. The Labute approximate surface area is 178 Å². The van der Waals surface area contributed by atoms with Crippen LogP contribution in [0.2, 0.25) is 0 Å². The van der Waals surface area contributed by atoms with Gasteiger partial charge in [-0.1, -0.05) is 88.4 Å². The molecule has 1 fully saturated rings. The van der Waals surface area contributed by atoms with Crippen molar-refractivity contribution in [1.29, 1.82) is 0 Å². The zero-order valence-corrected chi connectivity index (χ0v) is 19.3. The number of rotatable bonds is 5. The lowest BCUT2D eigenvalue weighted by molar-refractivity contribution is -0.137. The van der Waals surface area contributed by atoms with Gasteiger partial charge in [0.1, 0.15) is 0 Å². The van der Waals surface area contributed by atoms with Gasteiger partial charge in [-0.15, -0.1) is 0 Å². The predicted octanol–water partition coefficient (Wildman–Crippen LogP) is 5.79. The van der Waals surface area contributed by atoms with Crippen LogP contribution in [-0.2, 0) is 17.8 Å². The first-order chi connectivity index (χ1) is 14.1. The second-order valence-electron chi connectivity index (χ2n) is 7.14. The Morgan fingerprint density at radius 2 is 1.31 bits per heavy atom. The summed E-state index contributed by atoms with van der Waals surface area (Å²) < 4.78 is 0. The third-order valence-electron chi connectivity index (χ3n) is 5.13. The van der Waals surface area contributed by atoms with Crippen LogP contribution in [0, 0.1) is 0 Å². The highest BCUT2D eigenvalue weighted by Gasteiger charge is 2.31. The maximum atomic E-state index is 12.7. The molecule has 29 heavy (non-hydrogen) atoms. The second kappa shape index (κ2) is 13.9. The van der Waals surface area contributed by atoms with Gasteiger partial charge in [-0.05, 0) is 31.4 Å². The second-order valence-corrected chi connectivity index (χ2v) is 7.14. The van der Waals surface area contributed by atoms with Gasteiger partial charge in [0.15, 0.2) is 0 Å². The Bertz CT molecular complexity index is 672. The van der Waals surface area contributed by atoms with E-state index in [1.165, 1.54) is 11.1 Å². The molecule has 1 aliphatic heterocycles. The van der Waals surface area contributed by atoms with Crippen molar-refractivity contribution in [3.63, 3.8) is 0 Å². The molecule has 2 aromatic rings. The molecule has 1 heterocycles. The summed E-state index contributed by atoms with van der Waals surface area (Å²) in [6.07, 6.45) is 1.42. The van der Waals surface area contributed by atoms with Crippen LogP contribution < -0.4 is 0 Å². The molecule has 2 atom stereocenters. The molecule has 0 saturated carbocycles. The Balaban J connectivity index is 0.000000989. The SMILES string of the molecule is CC.CC.CC1CN(C(=O)CCc2ccccc2)C(C)CN1Cc1ccccc1. The van der Waals surface area contributed by atoms with Crippen LogP contribution in [0.25, 0.3) is 0 Å². The number of carbonyl (C=O) groups excluding carboxylic acids is 1. The van der Waals surface area contributed by atoms with E-state index in [0.29, 0.717) is 12.5 Å². The maximum absolute atomic E-state index is 12.7. The molecule has 0 bridgehead atoms. The molecule has 0 radical (unpaired) electrons. The van der Waals surface area contributed by atoms with E-state index in [1.54, 1.807) is 0 Å². The summed E-state index contributed by atoms with van der Waals surface area (Å²) in [7, 11) is 0. The maximum Gasteiger partial charge on any atom is 0.223 e. The zero-order chi connectivity index (χ0) is 21.6. The lowest BCUT2D eigenvalue weighted by Gasteiger charge is -2.44. The largest absolute Gasteiger partial charge is 0.337 e. The third kappa shape index (κ3) is 8.02. The first-order valence-corrected chi connectivity index (χ1v) is 11.2. The first-order valence-electron chi connectivity index (χ1n) is 11.2. The molecule has 0 aliphatic carbocycles. The van der Waals surface area contributed by atoms with E-state index in [4.69, 9.17) is 0 Å². The summed E-state index contributed by atoms with van der Waals surface area (Å²) in [4.78, 5) is 17.3. The van der Waals surface area contributed by atoms with Crippen LogP contribution in [-0.4, -0.2) is 40.9 Å². The summed E-state index contributed by atoms with van der Waals surface area (Å²) in [5, 5.41) is 0. The fourth-order valence-electron chi connectivity index (χ4n) is 3.62. The molecule has 0 spiro atoms. The first kappa shape index (κ1) is 24.9. The number of amides is 1. The van der Waals surface area contributed by atoms with E-state index < -0.39 is 0 Å². The van der Waals surface area contributed by atoms with Crippen molar-refractivity contribution >= 4 is 5.91 Å². The van der Waals surface area contributed by atoms with Crippen molar-refractivity contribution in [2.75, 3.05) is 13.1 Å². The summed E-state index contributed by atoms with van der Waals surface area (Å²) in [6.45, 7) is 15.1. The minimum absolute atomic E-state index is 0.267. The van der Waals surface area contributed by atoms with E-state index in [0.717, 1.165) is 26.1 Å². The van der Waals surface area contributed by atoms with Crippen LogP contribution in [0.5, 0.6) is 0 Å². The minimum atomic E-state index is 0.267. The number of nitrogens with zero attached hydrogens (tertiary/aromatic N) is 2. The van der Waals surface area contributed by atoms with Crippen molar-refractivity contribution in [1.82, 2.24) is 9.80 Å². The molecule has 3 nitrogen and oxygen atoms in total. The summed E-state index contributed by atoms with van der Waals surface area (Å²) in [5.41, 5.74) is 2.57. The van der Waals surface area contributed by atoms with Gasteiger partial charge in [0.2, 0.25) is 5.91 Å². The highest BCUT2D eigenvalue weighted by Crippen LogP contribution is 2.19. The Morgan fingerprint density at radius 3 is 1.86 bits per heavy atom. The Hall–Kier alpha value is -2.13. The van der Waals surface area contributed by atoms with Gasteiger partial charge in [0.05, 0.1) is 0 Å². The quantitative estimate of drug-likeness (QED) is 0.638. The van der Waals surface area contributed by atoms with Crippen molar-refractivity contribution in [3.8, 4) is 0 Å². The van der Waals surface area contributed by atoms with Crippen LogP contribution in [0.3, 0.4) is 0 Å². The molecule has 3 rings (SSSR count). The van der Waals surface area contributed by atoms with E-state index in [9.17, 15) is 4.79 Å². The summed E-state index contributed by atoms with van der Waals surface area (Å²) >= 11 is 0. The lowest BCUT2D eigenvalue weighted by atomic mass is 10.0. The molecule has 1 aliphatic rings. The number of piperazine rings is 1. The number of aryl methyl sites for hydroxylation is 1. The molecule has 1 saturated heterocycles. The van der Waals surface area contributed by atoms with E-state index in [1.807, 2.05) is 45.9 Å². The predicted molar refractivity (Wildman–Crippen MR) is 125 cm³/mol. The van der Waals surface area contributed by atoms with Crippen LogP contribution >= 0.6 is 0 Å². The molecule has 3 heteroatoms. The number of hydrogen-bond acceptors (Lipinski definition) is 2. The van der Waals surface area contributed by atoms with Gasteiger partial charge in [0, 0.05) is 38.1 Å². The van der Waals surface area contributed by atoms with Gasteiger partial charge < -0.3 is 4.90 Å². The molecule has 1 amide bonds. The van der Waals surface area contributed by atoms with Crippen molar-refractivity contribution < 1.29 is 4.79 Å². The summed E-state index contributed by atoms with van der Waals surface area (Å²) in [5.74, 6) is 0.280. The standard InChI is InChI=1S/C22H28N2O.2C2H6/c1-18-16-24(22(25)14-13-20-9-5-3-6-10-20)19(2)15-23(18)17-21-11-7-4-8-12-21;2*1-2/h3-12,18-19H,13-17H2,1-2H3;2*1-2H3. The zero-order valence-electron chi connectivity index (χ0n) is 19.3. The molecule has 160 valence electrons. The molecule has 0 aromatic heterocycles. The molecule has 2 unspecified atom stereocenters. The number of carbonyl (C=O) groups is 1. The monoisotopic (exact) mass is 396 g/mol. The van der Waals surface area contributed by atoms with E-state index in [-0.39, 0.29) is 11.9 Å². The fourth-order valence-corrected chi connectivity index (χ4v) is 3.62. The van der Waals surface area contributed by atoms with Crippen molar-refractivity contribution in [2.24, 2.45) is 0 Å². The lowest BCUT2D eigenvalue weighted by Crippen LogP contribution is -2.57. The van der Waals surface area contributed by atoms with Gasteiger partial charge in [-0.3, -0.25) is 9.69 Å². The molecular formula is C26H40N2O. The third-order valence-corrected chi connectivity index (χ3v) is 5.13. The van der Waals surface area contributed by atoms with Gasteiger partial charge in [-0.2, -0.15) is 0 Å². The van der Waals surface area contributed by atoms with Crippen molar-refractivity contribution in [3.05, 3.63) is 71.8 Å². The fraction of sp³-hybridized carbons (Fsp3) is 0.500. The molecular weight excluding hydrogens is 356 g/mol. The smallest absolute Gasteiger partial charge is 0.223 e. The van der Waals surface area contributed by atoms with E-state index in [2.05, 4.69) is 66.1 Å². The molecule has 0 N–H and O–H groups in total. The highest BCUT2D eigenvalue weighted by atomic mass is 16.2. The van der Waals surface area contributed by atoms with E-state index >= 15 is 0 Å². The van der Waals surface area contributed by atoms with Gasteiger partial charge in [0.25, 0.3) is 0 Å².